The number of para-hydroxylation sites is 1. The number of methoxy groups -OCH3 is 1. The Hall–Kier alpha value is -1.75. The number of carboxylic acid groups (broad SMARTS) is 1. The molecule has 0 amide bonds. The van der Waals surface area contributed by atoms with Crippen molar-refractivity contribution >= 4 is 5.97 Å². The van der Waals surface area contributed by atoms with Gasteiger partial charge >= 0.3 is 5.97 Å². The van der Waals surface area contributed by atoms with Crippen molar-refractivity contribution in [1.82, 2.24) is 0 Å². The number of ether oxygens (including phenoxy) is 3. The van der Waals surface area contributed by atoms with Gasteiger partial charge in [0.05, 0.1) is 26.2 Å². The van der Waals surface area contributed by atoms with Gasteiger partial charge in [0.25, 0.3) is 0 Å². The maximum absolute atomic E-state index is 11.0. The third-order valence-electron chi connectivity index (χ3n) is 3.39. The second-order valence-corrected chi connectivity index (χ2v) is 5.00. The van der Waals surface area contributed by atoms with E-state index in [0.29, 0.717) is 31.1 Å². The van der Waals surface area contributed by atoms with Gasteiger partial charge in [-0.15, -0.1) is 0 Å². The van der Waals surface area contributed by atoms with E-state index < -0.39 is 11.9 Å². The SMILES string of the molecule is COc1c(CC(C)C(=O)O)cccc1OC1CCOC1. The van der Waals surface area contributed by atoms with E-state index in [1.807, 2.05) is 18.2 Å². The van der Waals surface area contributed by atoms with Crippen LogP contribution >= 0.6 is 0 Å². The lowest BCUT2D eigenvalue weighted by atomic mass is 10.00. The fourth-order valence-corrected chi connectivity index (χ4v) is 2.25. The van der Waals surface area contributed by atoms with E-state index in [1.165, 1.54) is 0 Å². The zero-order valence-electron chi connectivity index (χ0n) is 11.8. The predicted octanol–water partition coefficient (Wildman–Crippen LogP) is 2.13. The molecule has 5 heteroatoms. The van der Waals surface area contributed by atoms with Gasteiger partial charge in [-0.2, -0.15) is 0 Å². The first-order valence-electron chi connectivity index (χ1n) is 6.75. The van der Waals surface area contributed by atoms with Crippen molar-refractivity contribution in [3.05, 3.63) is 23.8 Å². The predicted molar refractivity (Wildman–Crippen MR) is 73.3 cm³/mol. The first kappa shape index (κ1) is 14.7. The second kappa shape index (κ2) is 6.61. The summed E-state index contributed by atoms with van der Waals surface area (Å²) < 4.78 is 16.6. The molecule has 1 N–H and O–H groups in total. The molecule has 1 heterocycles. The molecule has 1 saturated heterocycles. The summed E-state index contributed by atoms with van der Waals surface area (Å²) in [6, 6.07) is 5.57. The molecule has 0 radical (unpaired) electrons. The monoisotopic (exact) mass is 280 g/mol. The average Bonchev–Trinajstić information content (AvgIpc) is 2.92. The highest BCUT2D eigenvalue weighted by Gasteiger charge is 2.21. The van der Waals surface area contributed by atoms with E-state index in [0.717, 1.165) is 12.0 Å². The summed E-state index contributed by atoms with van der Waals surface area (Å²) in [6.45, 7) is 2.97. The first-order valence-corrected chi connectivity index (χ1v) is 6.75. The average molecular weight is 280 g/mol. The molecule has 0 aliphatic carbocycles. The molecule has 0 saturated carbocycles. The summed E-state index contributed by atoms with van der Waals surface area (Å²) in [5.74, 6) is -0.0119. The van der Waals surface area contributed by atoms with Crippen molar-refractivity contribution in [1.29, 1.82) is 0 Å². The van der Waals surface area contributed by atoms with Gasteiger partial charge in [-0.3, -0.25) is 4.79 Å². The molecule has 0 spiro atoms. The van der Waals surface area contributed by atoms with Gasteiger partial charge in [0.2, 0.25) is 0 Å². The Kier molecular flexibility index (Phi) is 4.84. The zero-order valence-corrected chi connectivity index (χ0v) is 11.8. The molecular weight excluding hydrogens is 260 g/mol. The van der Waals surface area contributed by atoms with Gasteiger partial charge in [-0.25, -0.2) is 0 Å². The minimum Gasteiger partial charge on any atom is -0.493 e. The first-order chi connectivity index (χ1) is 9.61. The molecule has 2 rings (SSSR count). The van der Waals surface area contributed by atoms with Crippen LogP contribution in [0.25, 0.3) is 0 Å². The standard InChI is InChI=1S/C15H20O5/c1-10(15(16)17)8-11-4-3-5-13(14(11)18-2)20-12-6-7-19-9-12/h3-5,10,12H,6-9H2,1-2H3,(H,16,17). The maximum atomic E-state index is 11.0. The van der Waals surface area contributed by atoms with Gasteiger partial charge in [-0.1, -0.05) is 19.1 Å². The number of hydrogen-bond acceptors (Lipinski definition) is 4. The topological polar surface area (TPSA) is 65.0 Å². The fourth-order valence-electron chi connectivity index (χ4n) is 2.25. The number of carboxylic acids is 1. The number of aliphatic carboxylic acids is 1. The van der Waals surface area contributed by atoms with Gasteiger partial charge in [0.15, 0.2) is 11.5 Å². The summed E-state index contributed by atoms with van der Waals surface area (Å²) >= 11 is 0. The summed E-state index contributed by atoms with van der Waals surface area (Å²) in [6.07, 6.45) is 1.31. The summed E-state index contributed by atoms with van der Waals surface area (Å²) in [5, 5.41) is 9.02. The molecule has 1 aliphatic heterocycles. The number of rotatable bonds is 6. The Morgan fingerprint density at radius 3 is 2.95 bits per heavy atom. The minimum absolute atomic E-state index is 0.0380. The van der Waals surface area contributed by atoms with Crippen LogP contribution in [0.5, 0.6) is 11.5 Å². The molecule has 2 atom stereocenters. The molecule has 0 bridgehead atoms. The summed E-state index contributed by atoms with van der Waals surface area (Å²) in [5.41, 5.74) is 0.846. The van der Waals surface area contributed by atoms with Gasteiger partial charge in [0.1, 0.15) is 6.10 Å². The van der Waals surface area contributed by atoms with E-state index in [4.69, 9.17) is 19.3 Å². The molecule has 5 nitrogen and oxygen atoms in total. The van der Waals surface area contributed by atoms with Crippen LogP contribution < -0.4 is 9.47 Å². The highest BCUT2D eigenvalue weighted by atomic mass is 16.6. The Bertz CT molecular complexity index is 465. The highest BCUT2D eigenvalue weighted by molar-refractivity contribution is 5.70. The molecular formula is C15H20O5. The molecule has 110 valence electrons. The Morgan fingerprint density at radius 2 is 2.35 bits per heavy atom. The van der Waals surface area contributed by atoms with E-state index in [2.05, 4.69) is 0 Å². The van der Waals surface area contributed by atoms with Crippen LogP contribution in [-0.2, 0) is 16.0 Å². The maximum Gasteiger partial charge on any atom is 0.306 e. The smallest absolute Gasteiger partial charge is 0.306 e. The Labute approximate surface area is 118 Å². The van der Waals surface area contributed by atoms with Crippen LogP contribution in [0, 0.1) is 5.92 Å². The van der Waals surface area contributed by atoms with Crippen molar-refractivity contribution in [2.45, 2.75) is 25.9 Å². The minimum atomic E-state index is -0.817. The van der Waals surface area contributed by atoms with E-state index in [-0.39, 0.29) is 6.10 Å². The van der Waals surface area contributed by atoms with Crippen molar-refractivity contribution in [2.24, 2.45) is 5.92 Å². The largest absolute Gasteiger partial charge is 0.493 e. The van der Waals surface area contributed by atoms with Crippen LogP contribution in [-0.4, -0.2) is 37.5 Å². The normalized spacial score (nSPS) is 19.6. The van der Waals surface area contributed by atoms with Gasteiger partial charge in [0, 0.05) is 6.42 Å². The molecule has 2 unspecified atom stereocenters. The molecule has 0 aromatic heterocycles. The second-order valence-electron chi connectivity index (χ2n) is 5.00. The lowest BCUT2D eigenvalue weighted by Crippen LogP contribution is -2.17. The quantitative estimate of drug-likeness (QED) is 0.864. The Morgan fingerprint density at radius 1 is 1.55 bits per heavy atom. The number of hydrogen-bond donors (Lipinski definition) is 1. The Balaban J connectivity index is 2.17. The molecule has 1 fully saturated rings. The fraction of sp³-hybridized carbons (Fsp3) is 0.533. The van der Waals surface area contributed by atoms with Crippen LogP contribution in [0.4, 0.5) is 0 Å². The molecule has 1 aromatic rings. The van der Waals surface area contributed by atoms with E-state index >= 15 is 0 Å². The van der Waals surface area contributed by atoms with Gasteiger partial charge < -0.3 is 19.3 Å². The van der Waals surface area contributed by atoms with Crippen molar-refractivity contribution in [3.63, 3.8) is 0 Å². The highest BCUT2D eigenvalue weighted by Crippen LogP contribution is 2.34. The molecule has 1 aliphatic rings. The number of benzene rings is 1. The van der Waals surface area contributed by atoms with Crippen LogP contribution in [0.1, 0.15) is 18.9 Å². The van der Waals surface area contributed by atoms with Crippen molar-refractivity contribution < 1.29 is 24.1 Å². The summed E-state index contributed by atoms with van der Waals surface area (Å²) in [7, 11) is 1.57. The lowest BCUT2D eigenvalue weighted by molar-refractivity contribution is -0.141. The summed E-state index contributed by atoms with van der Waals surface area (Å²) in [4.78, 5) is 11.0. The van der Waals surface area contributed by atoms with Crippen LogP contribution in [0.3, 0.4) is 0 Å². The number of carbonyl (C=O) groups is 1. The van der Waals surface area contributed by atoms with E-state index in [1.54, 1.807) is 14.0 Å². The van der Waals surface area contributed by atoms with Crippen molar-refractivity contribution in [3.8, 4) is 11.5 Å². The van der Waals surface area contributed by atoms with Gasteiger partial charge in [-0.05, 0) is 18.1 Å². The third kappa shape index (κ3) is 3.42. The lowest BCUT2D eigenvalue weighted by Gasteiger charge is -2.18. The molecule has 20 heavy (non-hydrogen) atoms. The van der Waals surface area contributed by atoms with Crippen LogP contribution in [0.15, 0.2) is 18.2 Å². The van der Waals surface area contributed by atoms with Crippen LogP contribution in [0.2, 0.25) is 0 Å². The molecule has 1 aromatic carbocycles. The zero-order chi connectivity index (χ0) is 14.5. The van der Waals surface area contributed by atoms with E-state index in [9.17, 15) is 4.79 Å². The van der Waals surface area contributed by atoms with Crippen molar-refractivity contribution in [2.75, 3.05) is 20.3 Å². The third-order valence-corrected chi connectivity index (χ3v) is 3.39.